The minimum atomic E-state index is -1.46. The second-order valence-electron chi connectivity index (χ2n) is 19.2. The van der Waals surface area contributed by atoms with Gasteiger partial charge in [-0.15, -0.1) is 0 Å². The van der Waals surface area contributed by atoms with Gasteiger partial charge in [-0.25, -0.2) is 0 Å². The van der Waals surface area contributed by atoms with Gasteiger partial charge in [-0.2, -0.15) is 0 Å². The van der Waals surface area contributed by atoms with Crippen LogP contribution in [0.1, 0.15) is 107 Å². The third-order valence-corrected chi connectivity index (χ3v) is 13.5. The van der Waals surface area contributed by atoms with E-state index in [-0.39, 0.29) is 43.2 Å². The van der Waals surface area contributed by atoms with Crippen LogP contribution in [-0.4, -0.2) is 168 Å². The van der Waals surface area contributed by atoms with E-state index in [1.165, 1.54) is 6.92 Å². The van der Waals surface area contributed by atoms with Crippen molar-refractivity contribution in [2.45, 2.75) is 205 Å². The summed E-state index contributed by atoms with van der Waals surface area (Å²) in [5, 5.41) is 45.3. The van der Waals surface area contributed by atoms with Crippen molar-refractivity contribution in [1.82, 2.24) is 9.80 Å². The van der Waals surface area contributed by atoms with Crippen molar-refractivity contribution in [3.8, 4) is 0 Å². The van der Waals surface area contributed by atoms with E-state index in [2.05, 4.69) is 38.9 Å². The Morgan fingerprint density at radius 1 is 0.885 bits per heavy atom. The number of carbonyl (C=O) groups is 2. The molecule has 4 N–H and O–H groups in total. The van der Waals surface area contributed by atoms with E-state index in [1.54, 1.807) is 34.9 Å². The highest BCUT2D eigenvalue weighted by Crippen LogP contribution is 2.38. The Morgan fingerprint density at radius 3 is 2.15 bits per heavy atom. The largest absolute Gasteiger partial charge is 0.462 e. The molecule has 0 aromatic carbocycles. The summed E-state index contributed by atoms with van der Waals surface area (Å²) in [4.78, 5) is 29.9. The summed E-state index contributed by atoms with van der Waals surface area (Å²) in [6.45, 7) is 16.9. The van der Waals surface area contributed by atoms with E-state index in [9.17, 15) is 30.0 Å². The van der Waals surface area contributed by atoms with Crippen LogP contribution in [0.5, 0.6) is 0 Å². The zero-order valence-corrected chi connectivity index (χ0v) is 39.1. The maximum Gasteiger partial charge on any atom is 0.308 e. The third kappa shape index (κ3) is 13.6. The van der Waals surface area contributed by atoms with Gasteiger partial charge in [0, 0.05) is 30.7 Å². The number of cyclic esters (lactones) is 1. The molecule has 15 nitrogen and oxygen atoms in total. The van der Waals surface area contributed by atoms with Crippen LogP contribution in [-0.2, 0) is 42.7 Å². The highest BCUT2D eigenvalue weighted by atomic mass is 16.7. The van der Waals surface area contributed by atoms with Gasteiger partial charge in [-0.1, -0.05) is 51.5 Å². The third-order valence-electron chi connectivity index (χ3n) is 13.5. The molecule has 4 heterocycles. The summed E-state index contributed by atoms with van der Waals surface area (Å²) < 4.78 is 44.8. The standard InChI is InChI=1S/C46H80N2O13/c1-14-35-26(3)21-25(2)15-17-36(59-38-18-16-33(47(10)11)29(6)55-38)27(4)22-32(19-20-49)42(28(5)34(50)23-37(51)58-35)61-45-41(52)40(48(12)13)43(30(7)57-45)60-39-24-46(9,54)44(53)31(8)56-39/h15,17,20-21,26-36,38-45,50,52-54H,14,16,18-19,22-24H2,1-13H3. The molecule has 352 valence electrons. The number of hydrogen-bond donors (Lipinski definition) is 4. The van der Waals surface area contributed by atoms with Gasteiger partial charge in [-0.05, 0) is 100 Å². The zero-order valence-electron chi connectivity index (χ0n) is 39.1. The number of likely N-dealkylation sites (N-methyl/N-ethyl adjacent to an activating group) is 2. The quantitative estimate of drug-likeness (QED) is 0.173. The molecule has 0 aromatic rings. The lowest BCUT2D eigenvalue weighted by molar-refractivity contribution is -0.342. The average molecular weight is 869 g/mol. The van der Waals surface area contributed by atoms with E-state index in [1.807, 2.05) is 37.8 Å². The number of nitrogens with zero attached hydrogens (tertiary/aromatic N) is 2. The molecular weight excluding hydrogens is 789 g/mol. The Hall–Kier alpha value is -1.86. The fourth-order valence-electron chi connectivity index (χ4n) is 9.85. The molecule has 0 bridgehead atoms. The molecule has 0 aromatic heterocycles. The second kappa shape index (κ2) is 22.9. The van der Waals surface area contributed by atoms with Crippen molar-refractivity contribution in [3.05, 3.63) is 23.8 Å². The Kier molecular flexibility index (Phi) is 19.4. The summed E-state index contributed by atoms with van der Waals surface area (Å²) >= 11 is 0. The molecular formula is C46H80N2O13. The maximum atomic E-state index is 13.4. The maximum absolute atomic E-state index is 13.4. The number of rotatable bonds is 11. The first-order chi connectivity index (χ1) is 28.6. The lowest BCUT2D eigenvalue weighted by Gasteiger charge is -2.50. The van der Waals surface area contributed by atoms with Crippen LogP contribution in [0, 0.1) is 23.7 Å². The number of aliphatic hydroxyl groups is 4. The molecule has 0 radical (unpaired) electrons. The number of ether oxygens (including phenoxy) is 7. The van der Waals surface area contributed by atoms with Gasteiger partial charge < -0.3 is 68.2 Å². The van der Waals surface area contributed by atoms with Gasteiger partial charge in [0.2, 0.25) is 0 Å². The highest BCUT2D eigenvalue weighted by Gasteiger charge is 2.51. The van der Waals surface area contributed by atoms with Gasteiger partial charge in [-0.3, -0.25) is 4.79 Å². The number of allylic oxidation sites excluding steroid dienone is 2. The van der Waals surface area contributed by atoms with Crippen molar-refractivity contribution in [1.29, 1.82) is 0 Å². The lowest BCUT2D eigenvalue weighted by Crippen LogP contribution is -2.65. The van der Waals surface area contributed by atoms with Crippen LogP contribution >= 0.6 is 0 Å². The molecule has 4 aliphatic heterocycles. The monoisotopic (exact) mass is 869 g/mol. The van der Waals surface area contributed by atoms with Crippen molar-refractivity contribution in [2.24, 2.45) is 23.7 Å². The SMILES string of the molecule is CCC1OC(=O)CC(O)C(C)C(OC2OC(C)C(OC3CC(C)(O)C(O)C(C)O3)C(N(C)C)C2O)C(CC=O)CC(C)C(OC2CCC(N(C)C)C(C)O2)C=CC(C)=CC1C. The van der Waals surface area contributed by atoms with Crippen molar-refractivity contribution < 1.29 is 63.2 Å². The Morgan fingerprint density at radius 2 is 1.56 bits per heavy atom. The predicted molar refractivity (Wildman–Crippen MR) is 229 cm³/mol. The molecule has 0 amide bonds. The number of hydrogen-bond acceptors (Lipinski definition) is 15. The fourth-order valence-corrected chi connectivity index (χ4v) is 9.85. The minimum absolute atomic E-state index is 0.000458. The minimum Gasteiger partial charge on any atom is -0.462 e. The lowest BCUT2D eigenvalue weighted by atomic mass is 9.79. The molecule has 4 rings (SSSR count). The summed E-state index contributed by atoms with van der Waals surface area (Å²) in [5.41, 5.74) is -0.484. The van der Waals surface area contributed by atoms with E-state index in [4.69, 9.17) is 33.2 Å². The van der Waals surface area contributed by atoms with Crippen LogP contribution in [0.25, 0.3) is 0 Å². The highest BCUT2D eigenvalue weighted by molar-refractivity contribution is 5.70. The fraction of sp³-hybridized carbons (Fsp3) is 0.870. The molecule has 0 saturated carbocycles. The molecule has 20 unspecified atom stereocenters. The van der Waals surface area contributed by atoms with Crippen LogP contribution in [0.15, 0.2) is 23.8 Å². The smallest absolute Gasteiger partial charge is 0.308 e. The Bertz CT molecular complexity index is 1440. The molecule has 61 heavy (non-hydrogen) atoms. The number of aldehydes is 1. The topological polar surface area (TPSA) is 186 Å². The molecule has 0 aliphatic carbocycles. The zero-order chi connectivity index (χ0) is 45.5. The summed E-state index contributed by atoms with van der Waals surface area (Å²) in [7, 11) is 7.71. The van der Waals surface area contributed by atoms with E-state index >= 15 is 0 Å². The molecule has 0 spiro atoms. The number of esters is 1. The first-order valence-electron chi connectivity index (χ1n) is 22.6. The van der Waals surface area contributed by atoms with Crippen molar-refractivity contribution in [3.63, 3.8) is 0 Å². The number of carbonyl (C=O) groups excluding carboxylic acids is 2. The summed E-state index contributed by atoms with van der Waals surface area (Å²) in [6.07, 6.45) is -0.704. The number of aliphatic hydroxyl groups excluding tert-OH is 3. The molecule has 3 fully saturated rings. The van der Waals surface area contributed by atoms with Crippen LogP contribution < -0.4 is 0 Å². The molecule has 3 saturated heterocycles. The summed E-state index contributed by atoms with van der Waals surface area (Å²) in [5.74, 6) is -2.05. The Balaban J connectivity index is 1.69. The van der Waals surface area contributed by atoms with Crippen LogP contribution in [0.4, 0.5) is 0 Å². The van der Waals surface area contributed by atoms with E-state index in [0.717, 1.165) is 18.3 Å². The van der Waals surface area contributed by atoms with Gasteiger partial charge in [0.05, 0.1) is 54.7 Å². The predicted octanol–water partition coefficient (Wildman–Crippen LogP) is 3.97. The van der Waals surface area contributed by atoms with Gasteiger partial charge in [0.25, 0.3) is 0 Å². The van der Waals surface area contributed by atoms with E-state index < -0.39 is 103 Å². The molecule has 20 atom stereocenters. The average Bonchev–Trinajstić information content (AvgIpc) is 3.17. The summed E-state index contributed by atoms with van der Waals surface area (Å²) in [6, 6.07) is -0.421. The van der Waals surface area contributed by atoms with Crippen LogP contribution in [0.2, 0.25) is 0 Å². The second-order valence-corrected chi connectivity index (χ2v) is 19.2. The van der Waals surface area contributed by atoms with Gasteiger partial charge in [0.15, 0.2) is 18.9 Å². The van der Waals surface area contributed by atoms with Crippen molar-refractivity contribution in [2.75, 3.05) is 28.2 Å². The Labute approximate surface area is 365 Å². The molecule has 4 aliphatic rings. The van der Waals surface area contributed by atoms with Crippen molar-refractivity contribution >= 4 is 12.3 Å². The molecule has 15 heteroatoms. The normalized spacial score (nSPS) is 45.1. The van der Waals surface area contributed by atoms with Gasteiger partial charge >= 0.3 is 5.97 Å². The first kappa shape index (κ1) is 51.8. The van der Waals surface area contributed by atoms with Crippen LogP contribution in [0.3, 0.4) is 0 Å². The first-order valence-corrected chi connectivity index (χ1v) is 22.6. The van der Waals surface area contributed by atoms with E-state index in [0.29, 0.717) is 19.3 Å². The van der Waals surface area contributed by atoms with Gasteiger partial charge in [0.1, 0.15) is 30.7 Å².